The van der Waals surface area contributed by atoms with E-state index >= 15 is 0 Å². The van der Waals surface area contributed by atoms with E-state index in [1.165, 1.54) is 6.33 Å². The average molecular weight is 243 g/mol. The monoisotopic (exact) mass is 243 g/mol. The summed E-state index contributed by atoms with van der Waals surface area (Å²) in [5.74, 6) is 0.0791. The minimum Gasteiger partial charge on any atom is -0.497 e. The molecule has 0 saturated heterocycles. The molecule has 1 aromatic carbocycles. The van der Waals surface area contributed by atoms with Gasteiger partial charge in [-0.25, -0.2) is 14.4 Å². The van der Waals surface area contributed by atoms with E-state index in [0.717, 1.165) is 11.3 Å². The zero-order valence-electron chi connectivity index (χ0n) is 9.72. The van der Waals surface area contributed by atoms with Gasteiger partial charge in [0.2, 0.25) is 0 Å². The Morgan fingerprint density at radius 1 is 1.28 bits per heavy atom. The topological polar surface area (TPSA) is 58.8 Å². The van der Waals surface area contributed by atoms with Crippen molar-refractivity contribution in [2.24, 2.45) is 0 Å². The van der Waals surface area contributed by atoms with E-state index in [0.29, 0.717) is 6.42 Å². The average Bonchev–Trinajstić information content (AvgIpc) is 2.42. The van der Waals surface area contributed by atoms with Crippen LogP contribution in [0.4, 0.5) is 4.39 Å². The molecule has 1 heterocycles. The fourth-order valence-corrected chi connectivity index (χ4v) is 1.54. The van der Waals surface area contributed by atoms with Crippen LogP contribution in [-0.2, 0) is 6.42 Å². The van der Waals surface area contributed by atoms with Crippen LogP contribution in [0.2, 0.25) is 0 Å². The van der Waals surface area contributed by atoms with Crippen LogP contribution in [0.15, 0.2) is 30.6 Å². The number of rotatable bonds is 3. The minimum absolute atomic E-state index is 0.215. The highest BCUT2D eigenvalue weighted by Crippen LogP contribution is 2.16. The van der Waals surface area contributed by atoms with Gasteiger partial charge in [-0.15, -0.1) is 0 Å². The lowest BCUT2D eigenvalue weighted by Gasteiger charge is -2.04. The highest BCUT2D eigenvalue weighted by Gasteiger charge is 2.10. The first-order valence-corrected chi connectivity index (χ1v) is 5.27. The standard InChI is InChI=1S/C13H10FN3O/c1-18-10-4-2-9(3-5-10)6-11-13(14)12(7-15)17-8-16-11/h2-5,8H,6H2,1H3. The van der Waals surface area contributed by atoms with Crippen molar-refractivity contribution in [3.8, 4) is 11.8 Å². The molecule has 0 unspecified atom stereocenters. The van der Waals surface area contributed by atoms with Gasteiger partial charge >= 0.3 is 0 Å². The number of hydrogen-bond acceptors (Lipinski definition) is 4. The van der Waals surface area contributed by atoms with Crippen LogP contribution in [0.1, 0.15) is 17.0 Å². The molecule has 0 aliphatic rings. The molecule has 2 aromatic rings. The first-order chi connectivity index (χ1) is 8.74. The highest BCUT2D eigenvalue weighted by atomic mass is 19.1. The fourth-order valence-electron chi connectivity index (χ4n) is 1.54. The van der Waals surface area contributed by atoms with Crippen LogP contribution in [0, 0.1) is 17.1 Å². The molecule has 0 saturated carbocycles. The Labute approximate surface area is 104 Å². The van der Waals surface area contributed by atoms with Crippen molar-refractivity contribution in [3.63, 3.8) is 0 Å². The van der Waals surface area contributed by atoms with Gasteiger partial charge in [-0.2, -0.15) is 5.26 Å². The van der Waals surface area contributed by atoms with Gasteiger partial charge in [-0.05, 0) is 17.7 Å². The molecular weight excluding hydrogens is 233 g/mol. The lowest BCUT2D eigenvalue weighted by molar-refractivity contribution is 0.414. The van der Waals surface area contributed by atoms with Gasteiger partial charge < -0.3 is 4.74 Å². The summed E-state index contributed by atoms with van der Waals surface area (Å²) in [4.78, 5) is 7.42. The first kappa shape index (κ1) is 12.0. The Hall–Kier alpha value is -2.48. The van der Waals surface area contributed by atoms with E-state index in [4.69, 9.17) is 10.00 Å². The third-order valence-electron chi connectivity index (χ3n) is 2.50. The molecule has 0 radical (unpaired) electrons. The van der Waals surface area contributed by atoms with Crippen LogP contribution in [0.25, 0.3) is 0 Å². The second-order valence-corrected chi connectivity index (χ2v) is 3.62. The quantitative estimate of drug-likeness (QED) is 0.828. The van der Waals surface area contributed by atoms with Crippen LogP contribution in [0.3, 0.4) is 0 Å². The van der Waals surface area contributed by atoms with Gasteiger partial charge in [-0.1, -0.05) is 12.1 Å². The van der Waals surface area contributed by atoms with Crippen molar-refractivity contribution < 1.29 is 9.13 Å². The number of hydrogen-bond donors (Lipinski definition) is 0. The Morgan fingerprint density at radius 2 is 2.00 bits per heavy atom. The van der Waals surface area contributed by atoms with E-state index in [2.05, 4.69) is 9.97 Å². The normalized spacial score (nSPS) is 9.83. The second kappa shape index (κ2) is 5.23. The summed E-state index contributed by atoms with van der Waals surface area (Å²) in [7, 11) is 1.58. The molecule has 0 aliphatic carbocycles. The molecule has 90 valence electrons. The zero-order valence-corrected chi connectivity index (χ0v) is 9.72. The van der Waals surface area contributed by atoms with Crippen LogP contribution < -0.4 is 4.74 Å². The lowest BCUT2D eigenvalue weighted by atomic mass is 10.1. The van der Waals surface area contributed by atoms with Gasteiger partial charge in [0.05, 0.1) is 12.8 Å². The van der Waals surface area contributed by atoms with Gasteiger partial charge in [0.15, 0.2) is 11.5 Å². The Kier molecular flexibility index (Phi) is 3.49. The van der Waals surface area contributed by atoms with Crippen molar-refractivity contribution in [2.75, 3.05) is 7.11 Å². The second-order valence-electron chi connectivity index (χ2n) is 3.62. The molecular formula is C13H10FN3O. The molecule has 18 heavy (non-hydrogen) atoms. The summed E-state index contributed by atoms with van der Waals surface area (Å²) in [6.07, 6.45) is 1.51. The third-order valence-corrected chi connectivity index (χ3v) is 2.50. The summed E-state index contributed by atoms with van der Waals surface area (Å²) in [5, 5.41) is 8.68. The van der Waals surface area contributed by atoms with E-state index in [1.807, 2.05) is 12.1 Å². The summed E-state index contributed by atoms with van der Waals surface area (Å²) in [6, 6.07) is 8.93. The maximum atomic E-state index is 13.7. The van der Waals surface area contributed by atoms with Gasteiger partial charge in [-0.3, -0.25) is 0 Å². The van der Waals surface area contributed by atoms with E-state index in [-0.39, 0.29) is 11.4 Å². The molecule has 0 atom stereocenters. The van der Waals surface area contributed by atoms with Crippen molar-refractivity contribution in [2.45, 2.75) is 6.42 Å². The van der Waals surface area contributed by atoms with Crippen molar-refractivity contribution in [3.05, 3.63) is 53.4 Å². The van der Waals surface area contributed by atoms with Crippen molar-refractivity contribution in [1.82, 2.24) is 9.97 Å². The van der Waals surface area contributed by atoms with Crippen molar-refractivity contribution in [1.29, 1.82) is 5.26 Å². The van der Waals surface area contributed by atoms with E-state index < -0.39 is 5.82 Å². The highest BCUT2D eigenvalue weighted by molar-refractivity contribution is 5.31. The molecule has 0 bridgehead atoms. The zero-order chi connectivity index (χ0) is 13.0. The smallest absolute Gasteiger partial charge is 0.181 e. The Morgan fingerprint density at radius 3 is 2.61 bits per heavy atom. The number of ether oxygens (including phenoxy) is 1. The predicted octanol–water partition coefficient (Wildman–Crippen LogP) is 2.09. The molecule has 4 nitrogen and oxygen atoms in total. The number of nitriles is 1. The molecule has 2 rings (SSSR count). The molecule has 0 fully saturated rings. The molecule has 1 aromatic heterocycles. The molecule has 0 N–H and O–H groups in total. The lowest BCUT2D eigenvalue weighted by Crippen LogP contribution is -2.01. The SMILES string of the molecule is COc1ccc(Cc2ncnc(C#N)c2F)cc1. The summed E-state index contributed by atoms with van der Waals surface area (Å²) in [5.41, 5.74) is 0.873. The maximum Gasteiger partial charge on any atom is 0.181 e. The summed E-state index contributed by atoms with van der Waals surface area (Å²) < 4.78 is 18.8. The van der Waals surface area contributed by atoms with Crippen LogP contribution in [0.5, 0.6) is 5.75 Å². The largest absolute Gasteiger partial charge is 0.497 e. The van der Waals surface area contributed by atoms with Crippen molar-refractivity contribution >= 4 is 0 Å². The number of benzene rings is 1. The van der Waals surface area contributed by atoms with E-state index in [9.17, 15) is 4.39 Å². The molecule has 0 amide bonds. The fraction of sp³-hybridized carbons (Fsp3) is 0.154. The van der Waals surface area contributed by atoms with Gasteiger partial charge in [0.25, 0.3) is 0 Å². The molecule has 0 spiro atoms. The minimum atomic E-state index is -0.657. The first-order valence-electron chi connectivity index (χ1n) is 5.27. The molecule has 0 aliphatic heterocycles. The Balaban J connectivity index is 2.26. The maximum absolute atomic E-state index is 13.7. The van der Waals surface area contributed by atoms with Crippen LogP contribution in [-0.4, -0.2) is 17.1 Å². The number of aromatic nitrogens is 2. The molecule has 5 heteroatoms. The summed E-state index contributed by atoms with van der Waals surface area (Å²) >= 11 is 0. The Bertz CT molecular complexity index is 590. The number of nitrogens with zero attached hydrogens (tertiary/aromatic N) is 3. The number of halogens is 1. The number of methoxy groups -OCH3 is 1. The van der Waals surface area contributed by atoms with Crippen LogP contribution >= 0.6 is 0 Å². The van der Waals surface area contributed by atoms with Gasteiger partial charge in [0.1, 0.15) is 18.1 Å². The predicted molar refractivity (Wildman–Crippen MR) is 62.5 cm³/mol. The summed E-state index contributed by atoms with van der Waals surface area (Å²) in [6.45, 7) is 0. The third kappa shape index (κ3) is 2.43. The van der Waals surface area contributed by atoms with E-state index in [1.54, 1.807) is 25.3 Å². The van der Waals surface area contributed by atoms with Gasteiger partial charge in [0, 0.05) is 6.42 Å².